The van der Waals surface area contributed by atoms with E-state index in [1.54, 1.807) is 0 Å². The van der Waals surface area contributed by atoms with Crippen LogP contribution in [-0.2, 0) is 0 Å². The van der Waals surface area contributed by atoms with Crippen LogP contribution >= 0.6 is 22.9 Å². The number of thiazole rings is 1. The standard InChI is InChI=1S/C18H19ClN4OS/c19-13-6-4-5-12(9-13)14-11-25-18(21-14)16-15(24)10-23(17(16)20)22-7-2-1-3-8-22/h4-6,9,11,20,24H,1-3,7-8,10H2. The van der Waals surface area contributed by atoms with Crippen LogP contribution in [-0.4, -0.2) is 45.6 Å². The Labute approximate surface area is 155 Å². The van der Waals surface area contributed by atoms with Gasteiger partial charge in [-0.1, -0.05) is 30.2 Å². The molecule has 0 unspecified atom stereocenters. The van der Waals surface area contributed by atoms with Crippen LogP contribution in [0.15, 0.2) is 35.4 Å². The monoisotopic (exact) mass is 374 g/mol. The third-order valence-corrected chi connectivity index (χ3v) is 5.69. The van der Waals surface area contributed by atoms with Gasteiger partial charge in [0.2, 0.25) is 0 Å². The van der Waals surface area contributed by atoms with Gasteiger partial charge in [-0.3, -0.25) is 10.4 Å². The molecule has 1 saturated heterocycles. The van der Waals surface area contributed by atoms with E-state index in [1.807, 2.05) is 34.7 Å². The Kier molecular flexibility index (Phi) is 4.50. The Morgan fingerprint density at radius 1 is 1.20 bits per heavy atom. The van der Waals surface area contributed by atoms with E-state index in [1.165, 1.54) is 17.8 Å². The Hall–Kier alpha value is -1.89. The molecule has 1 aromatic heterocycles. The summed E-state index contributed by atoms with van der Waals surface area (Å²) in [6, 6.07) is 7.55. The summed E-state index contributed by atoms with van der Waals surface area (Å²) in [7, 11) is 0. The van der Waals surface area contributed by atoms with Crippen molar-refractivity contribution in [1.82, 2.24) is 15.0 Å². The van der Waals surface area contributed by atoms with Gasteiger partial charge in [0.25, 0.3) is 0 Å². The summed E-state index contributed by atoms with van der Waals surface area (Å²) >= 11 is 7.51. The Morgan fingerprint density at radius 2 is 2.00 bits per heavy atom. The number of hydrazine groups is 1. The summed E-state index contributed by atoms with van der Waals surface area (Å²) in [6.45, 7) is 2.24. The van der Waals surface area contributed by atoms with Crippen LogP contribution in [0.5, 0.6) is 0 Å². The van der Waals surface area contributed by atoms with Crippen LogP contribution in [0.1, 0.15) is 24.3 Å². The minimum absolute atomic E-state index is 0.225. The molecule has 0 amide bonds. The lowest BCUT2D eigenvalue weighted by atomic mass is 10.1. The number of rotatable bonds is 3. The average molecular weight is 375 g/mol. The van der Waals surface area contributed by atoms with Gasteiger partial charge in [-0.05, 0) is 25.0 Å². The molecule has 2 N–H and O–H groups in total. The number of amidine groups is 1. The zero-order chi connectivity index (χ0) is 17.4. The van der Waals surface area contributed by atoms with Gasteiger partial charge in [0.1, 0.15) is 16.6 Å². The zero-order valence-electron chi connectivity index (χ0n) is 13.7. The van der Waals surface area contributed by atoms with E-state index in [0.717, 1.165) is 37.2 Å². The summed E-state index contributed by atoms with van der Waals surface area (Å²) < 4.78 is 0. The molecule has 7 heteroatoms. The molecule has 0 radical (unpaired) electrons. The van der Waals surface area contributed by atoms with Gasteiger partial charge in [0.15, 0.2) is 0 Å². The molecule has 0 saturated carbocycles. The van der Waals surface area contributed by atoms with E-state index in [-0.39, 0.29) is 5.76 Å². The number of nitrogens with one attached hydrogen (secondary N) is 1. The van der Waals surface area contributed by atoms with Gasteiger partial charge in [-0.25, -0.2) is 9.99 Å². The molecule has 0 aliphatic carbocycles. The molecule has 3 heterocycles. The minimum atomic E-state index is 0.225. The molecule has 2 aromatic rings. The topological polar surface area (TPSA) is 63.5 Å². The Morgan fingerprint density at radius 3 is 2.76 bits per heavy atom. The van der Waals surface area contributed by atoms with Crippen LogP contribution < -0.4 is 0 Å². The summed E-state index contributed by atoms with van der Waals surface area (Å²) in [6.07, 6.45) is 3.51. The molecule has 130 valence electrons. The number of aliphatic hydroxyl groups is 1. The van der Waals surface area contributed by atoms with Gasteiger partial charge in [-0.15, -0.1) is 11.3 Å². The van der Waals surface area contributed by atoms with Crippen molar-refractivity contribution in [3.05, 3.63) is 45.4 Å². The van der Waals surface area contributed by atoms with Gasteiger partial charge in [-0.2, -0.15) is 0 Å². The Balaban J connectivity index is 1.59. The van der Waals surface area contributed by atoms with Crippen molar-refractivity contribution >= 4 is 34.3 Å². The van der Waals surface area contributed by atoms with Crippen molar-refractivity contribution < 1.29 is 5.11 Å². The third kappa shape index (κ3) is 3.17. The van der Waals surface area contributed by atoms with Crippen LogP contribution in [0.2, 0.25) is 5.02 Å². The zero-order valence-corrected chi connectivity index (χ0v) is 15.3. The maximum Gasteiger partial charge on any atom is 0.149 e. The lowest BCUT2D eigenvalue weighted by molar-refractivity contribution is 0.0312. The first-order valence-electron chi connectivity index (χ1n) is 8.39. The molecule has 2 aliphatic rings. The maximum absolute atomic E-state index is 10.5. The largest absolute Gasteiger partial charge is 0.509 e. The summed E-state index contributed by atoms with van der Waals surface area (Å²) in [5.41, 5.74) is 2.29. The summed E-state index contributed by atoms with van der Waals surface area (Å²) in [5.74, 6) is 0.564. The fourth-order valence-corrected chi connectivity index (χ4v) is 4.41. The van der Waals surface area contributed by atoms with E-state index >= 15 is 0 Å². The normalized spacial score (nSPS) is 19.1. The lowest BCUT2D eigenvalue weighted by Gasteiger charge is -2.35. The first-order chi connectivity index (χ1) is 12.1. The molecule has 0 atom stereocenters. The average Bonchev–Trinajstić information content (AvgIpc) is 3.20. The molecule has 1 aromatic carbocycles. The highest BCUT2D eigenvalue weighted by molar-refractivity contribution is 7.11. The lowest BCUT2D eigenvalue weighted by Crippen LogP contribution is -2.46. The smallest absolute Gasteiger partial charge is 0.149 e. The van der Waals surface area contributed by atoms with Crippen molar-refractivity contribution in [2.75, 3.05) is 19.6 Å². The highest BCUT2D eigenvalue weighted by Gasteiger charge is 2.34. The Bertz CT molecular complexity index is 841. The van der Waals surface area contributed by atoms with E-state index in [4.69, 9.17) is 17.0 Å². The van der Waals surface area contributed by atoms with Gasteiger partial charge >= 0.3 is 0 Å². The maximum atomic E-state index is 10.5. The van der Waals surface area contributed by atoms with Crippen LogP contribution in [0.3, 0.4) is 0 Å². The number of aromatic nitrogens is 1. The summed E-state index contributed by atoms with van der Waals surface area (Å²) in [5, 5.41) is 26.3. The SMILES string of the molecule is N=C1C(c2nc(-c3cccc(Cl)c3)cs2)=C(O)CN1N1CCCCC1. The highest BCUT2D eigenvalue weighted by atomic mass is 35.5. The van der Waals surface area contributed by atoms with Gasteiger partial charge in [0, 0.05) is 29.1 Å². The fraction of sp³-hybridized carbons (Fsp3) is 0.333. The molecule has 2 aliphatic heterocycles. The van der Waals surface area contributed by atoms with Crippen molar-refractivity contribution in [1.29, 1.82) is 5.41 Å². The van der Waals surface area contributed by atoms with Gasteiger partial charge < -0.3 is 5.11 Å². The minimum Gasteiger partial charge on any atom is -0.509 e. The molecular weight excluding hydrogens is 356 g/mol. The number of benzene rings is 1. The predicted molar refractivity (Wildman–Crippen MR) is 102 cm³/mol. The second-order valence-electron chi connectivity index (χ2n) is 6.29. The fourth-order valence-electron chi connectivity index (χ4n) is 3.32. The number of piperidine rings is 1. The first kappa shape index (κ1) is 16.6. The molecule has 25 heavy (non-hydrogen) atoms. The summed E-state index contributed by atoms with van der Waals surface area (Å²) in [4.78, 5) is 4.64. The first-order valence-corrected chi connectivity index (χ1v) is 9.64. The van der Waals surface area contributed by atoms with E-state index in [0.29, 0.717) is 28.0 Å². The number of nitrogens with zero attached hydrogens (tertiary/aromatic N) is 3. The molecule has 4 rings (SSSR count). The number of hydrogen-bond donors (Lipinski definition) is 2. The predicted octanol–water partition coefficient (Wildman–Crippen LogP) is 4.43. The molecule has 1 fully saturated rings. The molecule has 5 nitrogen and oxygen atoms in total. The van der Waals surface area contributed by atoms with Gasteiger partial charge in [0.05, 0.1) is 17.8 Å². The van der Waals surface area contributed by atoms with Crippen molar-refractivity contribution in [2.24, 2.45) is 0 Å². The van der Waals surface area contributed by atoms with Crippen LogP contribution in [0, 0.1) is 5.41 Å². The second-order valence-corrected chi connectivity index (χ2v) is 7.59. The van der Waals surface area contributed by atoms with Crippen molar-refractivity contribution in [2.45, 2.75) is 19.3 Å². The number of hydrogen-bond acceptors (Lipinski definition) is 5. The number of halogens is 1. The number of aliphatic hydroxyl groups excluding tert-OH is 1. The highest BCUT2D eigenvalue weighted by Crippen LogP contribution is 2.33. The van der Waals surface area contributed by atoms with E-state index in [2.05, 4.69) is 9.99 Å². The second kappa shape index (κ2) is 6.78. The quantitative estimate of drug-likeness (QED) is 0.834. The van der Waals surface area contributed by atoms with E-state index < -0.39 is 0 Å². The molecule has 0 spiro atoms. The molecular formula is C18H19ClN4OS. The van der Waals surface area contributed by atoms with Crippen molar-refractivity contribution in [3.63, 3.8) is 0 Å². The van der Waals surface area contributed by atoms with Crippen molar-refractivity contribution in [3.8, 4) is 11.3 Å². The van der Waals surface area contributed by atoms with E-state index in [9.17, 15) is 5.11 Å². The third-order valence-electron chi connectivity index (χ3n) is 4.60. The van der Waals surface area contributed by atoms with Crippen LogP contribution in [0.25, 0.3) is 16.8 Å². The van der Waals surface area contributed by atoms with Crippen LogP contribution in [0.4, 0.5) is 0 Å². The molecule has 0 bridgehead atoms.